The molecule has 0 aromatic heterocycles. The fourth-order valence-corrected chi connectivity index (χ4v) is 11.6. The van der Waals surface area contributed by atoms with Crippen LogP contribution in [0.15, 0.2) is 12.7 Å². The normalized spacial score (nSPS) is 46.9. The molecule has 6 nitrogen and oxygen atoms in total. The van der Waals surface area contributed by atoms with Crippen LogP contribution < -0.4 is 17.0 Å². The summed E-state index contributed by atoms with van der Waals surface area (Å²) in [6.45, 7) is 16.0. The van der Waals surface area contributed by atoms with Crippen LogP contribution in [0.1, 0.15) is 91.4 Å². The van der Waals surface area contributed by atoms with E-state index in [1.165, 1.54) is 51.6 Å². The van der Waals surface area contributed by atoms with Gasteiger partial charge in [-0.25, -0.2) is 0 Å². The molecule has 0 aromatic carbocycles. The lowest BCUT2D eigenvalue weighted by atomic mass is 9.44. The number of aliphatic hydroxyl groups is 2. The van der Waals surface area contributed by atoms with Crippen LogP contribution >= 0.6 is 0 Å². The first-order valence-corrected chi connectivity index (χ1v) is 16.4. The summed E-state index contributed by atoms with van der Waals surface area (Å²) in [5.74, 6) is 2.45. The summed E-state index contributed by atoms with van der Waals surface area (Å²) in [5.41, 5.74) is 0.298. The van der Waals surface area contributed by atoms with E-state index < -0.39 is 0 Å². The minimum absolute atomic E-state index is 0. The topological polar surface area (TPSA) is 70.0 Å². The van der Waals surface area contributed by atoms with E-state index in [9.17, 15) is 15.0 Å². The number of ether oxygens (including phenoxy) is 1. The van der Waals surface area contributed by atoms with E-state index in [1.807, 2.05) is 0 Å². The first-order chi connectivity index (χ1) is 18.6. The first-order valence-electron chi connectivity index (χ1n) is 16.4. The molecule has 0 amide bonds. The van der Waals surface area contributed by atoms with Gasteiger partial charge in [0.2, 0.25) is 0 Å². The van der Waals surface area contributed by atoms with Crippen molar-refractivity contribution in [3.05, 3.63) is 12.7 Å². The van der Waals surface area contributed by atoms with E-state index >= 15 is 0 Å². The molecule has 7 heteroatoms. The molecule has 40 heavy (non-hydrogen) atoms. The van der Waals surface area contributed by atoms with Crippen molar-refractivity contribution >= 4 is 5.97 Å². The number of halogens is 1. The van der Waals surface area contributed by atoms with Crippen LogP contribution in [-0.2, 0) is 9.53 Å². The van der Waals surface area contributed by atoms with E-state index in [2.05, 4.69) is 31.4 Å². The Morgan fingerprint density at radius 2 is 1.73 bits per heavy atom. The van der Waals surface area contributed by atoms with Crippen LogP contribution in [0.4, 0.5) is 0 Å². The lowest BCUT2D eigenvalue weighted by Crippen LogP contribution is -3.00. The van der Waals surface area contributed by atoms with Crippen LogP contribution in [0.5, 0.6) is 0 Å². The molecule has 5 unspecified atom stereocenters. The zero-order valence-electron chi connectivity index (χ0n) is 25.3. The van der Waals surface area contributed by atoms with Gasteiger partial charge in [0.15, 0.2) is 6.10 Å². The molecule has 0 radical (unpaired) electrons. The summed E-state index contributed by atoms with van der Waals surface area (Å²) >= 11 is 0. The number of piperidine rings is 1. The number of rotatable bonds is 5. The number of aliphatic hydroxyl groups excluding tert-OH is 2. The molecule has 0 bridgehead atoms. The molecule has 4 saturated carbocycles. The van der Waals surface area contributed by atoms with E-state index in [4.69, 9.17) is 4.74 Å². The molecule has 228 valence electrons. The standard InChI is InChI=1S/C33H55N2O4.BrH/c1-5-16-35(17-6-7-18-35)29-20-27-25-9-8-23-19-30(38)28(34-14-11-24(37)12-15-34)21-33(23,4)26(25)10-13-32(27,3)31(29)39-22(2)36;/h5,23-31,37-38H,1,6-21H2,2-4H3;1H/q+1;/p-1/t23?,25-,26-,27+,28?,29?,30?,31?,32+,33+;/m1./s1. The molecule has 10 atom stereocenters. The number of hydrogen-bond acceptors (Lipinski definition) is 5. The highest BCUT2D eigenvalue weighted by Gasteiger charge is 2.67. The summed E-state index contributed by atoms with van der Waals surface area (Å²) in [6.07, 6.45) is 14.0. The van der Waals surface area contributed by atoms with Crippen molar-refractivity contribution in [3.63, 3.8) is 0 Å². The second-order valence-electron chi connectivity index (χ2n) is 15.2. The third-order valence-electron chi connectivity index (χ3n) is 13.5. The average molecular weight is 624 g/mol. The Labute approximate surface area is 253 Å². The quantitative estimate of drug-likeness (QED) is 0.277. The minimum Gasteiger partial charge on any atom is -1.00 e. The second kappa shape index (κ2) is 11.6. The fraction of sp³-hybridized carbons (Fsp3) is 0.909. The first kappa shape index (κ1) is 31.0. The maximum atomic E-state index is 12.5. The van der Waals surface area contributed by atoms with Crippen molar-refractivity contribution in [1.29, 1.82) is 0 Å². The van der Waals surface area contributed by atoms with Crippen molar-refractivity contribution in [2.75, 3.05) is 32.7 Å². The molecule has 6 rings (SSSR count). The molecule has 2 saturated heterocycles. The monoisotopic (exact) mass is 622 g/mol. The molecule has 2 heterocycles. The minimum atomic E-state index is -0.244. The summed E-state index contributed by atoms with van der Waals surface area (Å²) < 4.78 is 7.43. The molecular weight excluding hydrogens is 568 g/mol. The number of fused-ring (bicyclic) bond motifs is 5. The van der Waals surface area contributed by atoms with Crippen LogP contribution in [0, 0.1) is 34.5 Å². The molecule has 2 N–H and O–H groups in total. The summed E-state index contributed by atoms with van der Waals surface area (Å²) in [5, 5.41) is 21.4. The summed E-state index contributed by atoms with van der Waals surface area (Å²) in [6, 6.07) is 0.608. The maximum absolute atomic E-state index is 12.5. The Morgan fingerprint density at radius 3 is 2.38 bits per heavy atom. The molecule has 0 aromatic rings. The number of hydrogen-bond donors (Lipinski definition) is 2. The molecule has 0 spiro atoms. The van der Waals surface area contributed by atoms with Gasteiger partial charge in [-0.15, -0.1) is 0 Å². The zero-order valence-corrected chi connectivity index (χ0v) is 26.9. The zero-order chi connectivity index (χ0) is 27.6. The van der Waals surface area contributed by atoms with Crippen molar-refractivity contribution in [2.45, 2.75) is 122 Å². The van der Waals surface area contributed by atoms with Crippen molar-refractivity contribution in [3.8, 4) is 0 Å². The van der Waals surface area contributed by atoms with Crippen LogP contribution in [0.2, 0.25) is 0 Å². The van der Waals surface area contributed by atoms with Gasteiger partial charge in [0.05, 0.1) is 31.8 Å². The molecular formula is C33H55BrN2O4. The smallest absolute Gasteiger partial charge is 0.303 e. The number of nitrogens with zero attached hydrogens (tertiary/aromatic N) is 2. The Bertz CT molecular complexity index is 933. The molecule has 6 fully saturated rings. The van der Waals surface area contributed by atoms with Crippen LogP contribution in [0.3, 0.4) is 0 Å². The lowest BCUT2D eigenvalue weighted by Gasteiger charge is -2.62. The highest BCUT2D eigenvalue weighted by Crippen LogP contribution is 2.67. The largest absolute Gasteiger partial charge is 1.00 e. The lowest BCUT2D eigenvalue weighted by molar-refractivity contribution is -0.937. The van der Waals surface area contributed by atoms with E-state index in [1.54, 1.807) is 6.92 Å². The number of esters is 1. The van der Waals surface area contributed by atoms with Gasteiger partial charge in [-0.3, -0.25) is 9.69 Å². The van der Waals surface area contributed by atoms with Gasteiger partial charge in [-0.1, -0.05) is 20.4 Å². The van der Waals surface area contributed by atoms with Crippen molar-refractivity contribution < 1.29 is 41.2 Å². The Morgan fingerprint density at radius 1 is 1.02 bits per heavy atom. The van der Waals surface area contributed by atoms with Crippen LogP contribution in [0.25, 0.3) is 0 Å². The van der Waals surface area contributed by atoms with Gasteiger partial charge < -0.3 is 36.4 Å². The summed E-state index contributed by atoms with van der Waals surface area (Å²) in [4.78, 5) is 15.0. The molecule has 4 aliphatic carbocycles. The van der Waals surface area contributed by atoms with Crippen LogP contribution in [-0.4, -0.2) is 88.7 Å². The van der Waals surface area contributed by atoms with Gasteiger partial charge in [0, 0.05) is 50.7 Å². The third-order valence-corrected chi connectivity index (χ3v) is 13.5. The molecule has 2 aliphatic heterocycles. The summed E-state index contributed by atoms with van der Waals surface area (Å²) in [7, 11) is 0. The van der Waals surface area contributed by atoms with E-state index in [0.717, 1.165) is 56.2 Å². The second-order valence-corrected chi connectivity index (χ2v) is 15.2. The van der Waals surface area contributed by atoms with Gasteiger partial charge in [-0.05, 0) is 86.5 Å². The van der Waals surface area contributed by atoms with Crippen molar-refractivity contribution in [2.24, 2.45) is 34.5 Å². The Balaban J connectivity index is 0.00000323. The Hall–Kier alpha value is -0.470. The highest BCUT2D eigenvalue weighted by atomic mass is 79.9. The predicted octanol–water partition coefficient (Wildman–Crippen LogP) is 1.54. The number of likely N-dealkylation sites (tertiary alicyclic amines) is 2. The highest BCUT2D eigenvalue weighted by molar-refractivity contribution is 5.66. The average Bonchev–Trinajstić information content (AvgIpc) is 3.48. The molecule has 6 aliphatic rings. The van der Waals surface area contributed by atoms with Gasteiger partial charge >= 0.3 is 5.97 Å². The SMILES string of the molecule is C=CC[N+]1(C2C[C@H]3[C@@H]4CCC5CC(O)C(N6CCC(O)CC6)C[C@]5(C)[C@@H]4CC[C@]3(C)C2OC(C)=O)CCCC1.[Br-]. The number of carbonyl (C=O) groups is 1. The van der Waals surface area contributed by atoms with E-state index in [0.29, 0.717) is 29.7 Å². The van der Waals surface area contributed by atoms with E-state index in [-0.39, 0.29) is 58.1 Å². The predicted molar refractivity (Wildman–Crippen MR) is 153 cm³/mol. The van der Waals surface area contributed by atoms with Gasteiger partial charge in [0.1, 0.15) is 6.04 Å². The third kappa shape index (κ3) is 4.96. The number of quaternary nitrogens is 1. The number of carbonyl (C=O) groups excluding carboxylic acids is 1. The van der Waals surface area contributed by atoms with Gasteiger partial charge in [0.25, 0.3) is 0 Å². The maximum Gasteiger partial charge on any atom is 0.303 e. The fourth-order valence-electron chi connectivity index (χ4n) is 11.6. The van der Waals surface area contributed by atoms with Crippen molar-refractivity contribution in [1.82, 2.24) is 4.90 Å². The Kier molecular flexibility index (Phi) is 8.95. The van der Waals surface area contributed by atoms with Gasteiger partial charge in [-0.2, -0.15) is 0 Å².